The lowest BCUT2D eigenvalue weighted by Crippen LogP contribution is -1.70. The molecule has 2 heterocycles. The Morgan fingerprint density at radius 3 is 2.79 bits per heavy atom. The summed E-state index contributed by atoms with van der Waals surface area (Å²) in [7, 11) is 0. The Bertz CT molecular complexity index is 591. The van der Waals surface area contributed by atoms with E-state index in [1.165, 1.54) is 20.2 Å². The number of hydrogen-bond acceptors (Lipinski definition) is 3. The first-order valence-electron chi connectivity index (χ1n) is 4.38. The van der Waals surface area contributed by atoms with Gasteiger partial charge in [0.1, 0.15) is 0 Å². The Kier molecular flexibility index (Phi) is 1.83. The van der Waals surface area contributed by atoms with Crippen molar-refractivity contribution >= 4 is 42.8 Å². The maximum atomic E-state index is 9.07. The summed E-state index contributed by atoms with van der Waals surface area (Å²) >= 11 is 3.43. The summed E-state index contributed by atoms with van der Waals surface area (Å²) in [6, 6.07) is 8.53. The van der Waals surface area contributed by atoms with Gasteiger partial charge in [-0.3, -0.25) is 0 Å². The van der Waals surface area contributed by atoms with Crippen molar-refractivity contribution in [1.82, 2.24) is 0 Å². The Labute approximate surface area is 89.2 Å². The van der Waals surface area contributed by atoms with E-state index in [0.717, 1.165) is 4.88 Å². The van der Waals surface area contributed by atoms with Gasteiger partial charge in [0, 0.05) is 25.0 Å². The van der Waals surface area contributed by atoms with Crippen LogP contribution in [0.5, 0.6) is 0 Å². The Morgan fingerprint density at radius 2 is 1.93 bits per heavy atom. The standard InChI is InChI=1S/C11H8OS2/c12-6-7-5-9-8-3-4-13-10(8)1-2-11(9)14-7/h1-5,12H,6H2. The summed E-state index contributed by atoms with van der Waals surface area (Å²) in [4.78, 5) is 1.04. The van der Waals surface area contributed by atoms with Crippen LogP contribution in [0.1, 0.15) is 4.88 Å². The first kappa shape index (κ1) is 8.41. The molecule has 14 heavy (non-hydrogen) atoms. The van der Waals surface area contributed by atoms with Crippen LogP contribution in [-0.2, 0) is 6.61 Å². The van der Waals surface area contributed by atoms with Gasteiger partial charge >= 0.3 is 0 Å². The van der Waals surface area contributed by atoms with Crippen LogP contribution in [0, 0.1) is 0 Å². The molecule has 0 amide bonds. The van der Waals surface area contributed by atoms with Crippen LogP contribution in [-0.4, -0.2) is 5.11 Å². The van der Waals surface area contributed by atoms with E-state index < -0.39 is 0 Å². The molecule has 3 rings (SSSR count). The fourth-order valence-corrected chi connectivity index (χ4v) is 3.43. The number of benzene rings is 1. The average Bonchev–Trinajstić information content (AvgIpc) is 2.82. The third-order valence-corrected chi connectivity index (χ3v) is 4.31. The maximum absolute atomic E-state index is 9.07. The molecule has 0 unspecified atom stereocenters. The Morgan fingerprint density at radius 1 is 1.07 bits per heavy atom. The summed E-state index contributed by atoms with van der Waals surface area (Å²) in [5, 5.41) is 13.8. The number of fused-ring (bicyclic) bond motifs is 3. The Hall–Kier alpha value is -0.900. The molecule has 2 aromatic heterocycles. The quantitative estimate of drug-likeness (QED) is 0.664. The van der Waals surface area contributed by atoms with Crippen LogP contribution in [0.25, 0.3) is 20.2 Å². The van der Waals surface area contributed by atoms with E-state index in [-0.39, 0.29) is 6.61 Å². The molecule has 1 aromatic carbocycles. The first-order valence-corrected chi connectivity index (χ1v) is 6.07. The van der Waals surface area contributed by atoms with E-state index in [0.29, 0.717) is 0 Å². The number of rotatable bonds is 1. The molecule has 3 heteroatoms. The van der Waals surface area contributed by atoms with Crippen molar-refractivity contribution in [2.75, 3.05) is 0 Å². The second-order valence-corrected chi connectivity index (χ2v) is 5.30. The van der Waals surface area contributed by atoms with E-state index in [2.05, 4.69) is 29.6 Å². The van der Waals surface area contributed by atoms with Crippen LogP contribution in [0.4, 0.5) is 0 Å². The van der Waals surface area contributed by atoms with Gasteiger partial charge in [-0.25, -0.2) is 0 Å². The molecule has 3 aromatic rings. The molecule has 0 spiro atoms. The molecule has 70 valence electrons. The molecule has 1 nitrogen and oxygen atoms in total. The minimum atomic E-state index is 0.144. The molecule has 0 aliphatic rings. The van der Waals surface area contributed by atoms with Gasteiger partial charge in [0.2, 0.25) is 0 Å². The third kappa shape index (κ3) is 1.10. The number of aliphatic hydroxyl groups excluding tert-OH is 1. The average molecular weight is 220 g/mol. The number of thiophene rings is 2. The zero-order chi connectivity index (χ0) is 9.54. The minimum absolute atomic E-state index is 0.144. The van der Waals surface area contributed by atoms with Crippen LogP contribution in [0.3, 0.4) is 0 Å². The Balaban J connectivity index is 2.49. The second-order valence-electron chi connectivity index (χ2n) is 3.18. The van der Waals surface area contributed by atoms with Gasteiger partial charge in [-0.15, -0.1) is 22.7 Å². The molecule has 0 radical (unpaired) electrons. The highest BCUT2D eigenvalue weighted by Gasteiger charge is 2.05. The summed E-state index contributed by atoms with van der Waals surface area (Å²) in [6.07, 6.45) is 0. The zero-order valence-electron chi connectivity index (χ0n) is 7.36. The van der Waals surface area contributed by atoms with Gasteiger partial charge in [0.05, 0.1) is 6.61 Å². The van der Waals surface area contributed by atoms with Gasteiger partial charge in [-0.1, -0.05) is 0 Å². The molecule has 1 N–H and O–H groups in total. The van der Waals surface area contributed by atoms with Crippen molar-refractivity contribution < 1.29 is 5.11 Å². The maximum Gasteiger partial charge on any atom is 0.0774 e. The van der Waals surface area contributed by atoms with Gasteiger partial charge in [-0.05, 0) is 29.6 Å². The first-order chi connectivity index (χ1) is 6.88. The van der Waals surface area contributed by atoms with Crippen LogP contribution < -0.4 is 0 Å². The molecular weight excluding hydrogens is 212 g/mol. The summed E-state index contributed by atoms with van der Waals surface area (Å²) in [6.45, 7) is 0.144. The monoisotopic (exact) mass is 220 g/mol. The normalized spacial score (nSPS) is 11.5. The van der Waals surface area contributed by atoms with Crippen molar-refractivity contribution in [3.8, 4) is 0 Å². The molecule has 0 saturated heterocycles. The van der Waals surface area contributed by atoms with Gasteiger partial charge in [0.25, 0.3) is 0 Å². The lowest BCUT2D eigenvalue weighted by molar-refractivity contribution is 0.285. The third-order valence-electron chi connectivity index (χ3n) is 2.34. The van der Waals surface area contributed by atoms with E-state index in [9.17, 15) is 0 Å². The molecule has 0 bridgehead atoms. The molecule has 0 aliphatic heterocycles. The lowest BCUT2D eigenvalue weighted by atomic mass is 10.2. The predicted octanol–water partition coefficient (Wildman–Crippen LogP) is 3.61. The van der Waals surface area contributed by atoms with E-state index in [1.807, 2.05) is 0 Å². The SMILES string of the molecule is OCc1cc2c(ccc3sccc32)s1. The number of hydrogen-bond donors (Lipinski definition) is 1. The molecule has 0 fully saturated rings. The topological polar surface area (TPSA) is 20.2 Å². The van der Waals surface area contributed by atoms with Crippen molar-refractivity contribution in [1.29, 1.82) is 0 Å². The smallest absolute Gasteiger partial charge is 0.0774 e. The zero-order valence-corrected chi connectivity index (χ0v) is 8.99. The van der Waals surface area contributed by atoms with Crippen molar-refractivity contribution in [3.63, 3.8) is 0 Å². The number of aliphatic hydroxyl groups is 1. The van der Waals surface area contributed by atoms with E-state index in [1.54, 1.807) is 22.7 Å². The highest BCUT2D eigenvalue weighted by molar-refractivity contribution is 7.20. The fourth-order valence-electron chi connectivity index (χ4n) is 1.69. The molecule has 0 aliphatic carbocycles. The van der Waals surface area contributed by atoms with Crippen molar-refractivity contribution in [3.05, 3.63) is 34.5 Å². The van der Waals surface area contributed by atoms with Crippen molar-refractivity contribution in [2.24, 2.45) is 0 Å². The van der Waals surface area contributed by atoms with E-state index in [4.69, 9.17) is 5.11 Å². The molecular formula is C11H8OS2. The van der Waals surface area contributed by atoms with Crippen molar-refractivity contribution in [2.45, 2.75) is 6.61 Å². The second kappa shape index (κ2) is 3.05. The minimum Gasteiger partial charge on any atom is -0.391 e. The lowest BCUT2D eigenvalue weighted by Gasteiger charge is -1.90. The van der Waals surface area contributed by atoms with Crippen LogP contribution in [0.15, 0.2) is 29.6 Å². The highest BCUT2D eigenvalue weighted by atomic mass is 32.1. The molecule has 0 saturated carbocycles. The summed E-state index contributed by atoms with van der Waals surface area (Å²) in [5.41, 5.74) is 0. The summed E-state index contributed by atoms with van der Waals surface area (Å²) < 4.78 is 2.58. The predicted molar refractivity (Wildman–Crippen MR) is 63.1 cm³/mol. The van der Waals surface area contributed by atoms with Gasteiger partial charge in [0.15, 0.2) is 0 Å². The molecule has 0 atom stereocenters. The van der Waals surface area contributed by atoms with Gasteiger partial charge < -0.3 is 5.11 Å². The fraction of sp³-hybridized carbons (Fsp3) is 0.0909. The van der Waals surface area contributed by atoms with Crippen LogP contribution >= 0.6 is 22.7 Å². The van der Waals surface area contributed by atoms with Gasteiger partial charge in [-0.2, -0.15) is 0 Å². The summed E-state index contributed by atoms with van der Waals surface area (Å²) in [5.74, 6) is 0. The van der Waals surface area contributed by atoms with E-state index >= 15 is 0 Å². The highest BCUT2D eigenvalue weighted by Crippen LogP contribution is 2.34. The largest absolute Gasteiger partial charge is 0.391 e. The van der Waals surface area contributed by atoms with Crippen LogP contribution in [0.2, 0.25) is 0 Å².